The van der Waals surface area contributed by atoms with Gasteiger partial charge in [0.15, 0.2) is 0 Å². The highest BCUT2D eigenvalue weighted by Crippen LogP contribution is 2.06. The van der Waals surface area contributed by atoms with Crippen molar-refractivity contribution in [3.63, 3.8) is 0 Å². The fraction of sp³-hybridized carbons (Fsp3) is 0.538. The molecule has 0 saturated carbocycles. The zero-order valence-corrected chi connectivity index (χ0v) is 10.7. The quantitative estimate of drug-likeness (QED) is 0.720. The first-order valence-corrected chi connectivity index (χ1v) is 6.28. The molecule has 5 heteroatoms. The first-order chi connectivity index (χ1) is 8.67. The third-order valence-corrected chi connectivity index (χ3v) is 2.54. The van der Waals surface area contributed by atoms with Crippen LogP contribution >= 0.6 is 0 Å². The second-order valence-electron chi connectivity index (χ2n) is 4.18. The van der Waals surface area contributed by atoms with Gasteiger partial charge in [0, 0.05) is 31.8 Å². The van der Waals surface area contributed by atoms with Gasteiger partial charge in [-0.25, -0.2) is 0 Å². The van der Waals surface area contributed by atoms with Gasteiger partial charge in [-0.1, -0.05) is 6.92 Å². The third-order valence-electron chi connectivity index (χ3n) is 2.54. The van der Waals surface area contributed by atoms with Gasteiger partial charge in [0.2, 0.25) is 5.91 Å². The van der Waals surface area contributed by atoms with Crippen LogP contribution in [0, 0.1) is 0 Å². The summed E-state index contributed by atoms with van der Waals surface area (Å²) in [6.07, 6.45) is 4.21. The number of hydrogen-bond acceptors (Lipinski definition) is 3. The minimum atomic E-state index is -0.0925. The van der Waals surface area contributed by atoms with Crippen LogP contribution in [-0.4, -0.2) is 22.2 Å². The molecule has 0 aliphatic heterocycles. The van der Waals surface area contributed by atoms with Gasteiger partial charge in [0.05, 0.1) is 5.69 Å². The normalized spacial score (nSPS) is 10.3. The maximum absolute atomic E-state index is 11.6. The van der Waals surface area contributed by atoms with Crippen LogP contribution in [-0.2, 0) is 11.3 Å². The number of aryl methyl sites for hydroxylation is 1. The van der Waals surface area contributed by atoms with Gasteiger partial charge in [-0.2, -0.15) is 0 Å². The average molecular weight is 252 g/mol. The van der Waals surface area contributed by atoms with Gasteiger partial charge in [0.1, 0.15) is 0 Å². The van der Waals surface area contributed by atoms with E-state index in [1.54, 1.807) is 16.8 Å². The Balaban J connectivity index is 2.59. The van der Waals surface area contributed by atoms with Gasteiger partial charge < -0.3 is 15.0 Å². The van der Waals surface area contributed by atoms with E-state index in [4.69, 9.17) is 5.11 Å². The van der Waals surface area contributed by atoms with Gasteiger partial charge in [-0.15, -0.1) is 0 Å². The molecule has 0 unspecified atom stereocenters. The van der Waals surface area contributed by atoms with Crippen LogP contribution in [0.4, 0.5) is 5.69 Å². The summed E-state index contributed by atoms with van der Waals surface area (Å²) < 4.78 is 1.59. The predicted molar refractivity (Wildman–Crippen MR) is 70.6 cm³/mol. The lowest BCUT2D eigenvalue weighted by molar-refractivity contribution is -0.116. The highest BCUT2D eigenvalue weighted by atomic mass is 16.3. The van der Waals surface area contributed by atoms with Crippen molar-refractivity contribution in [2.75, 3.05) is 11.9 Å². The van der Waals surface area contributed by atoms with Crippen LogP contribution in [0.5, 0.6) is 0 Å². The van der Waals surface area contributed by atoms with Crippen molar-refractivity contribution in [1.29, 1.82) is 0 Å². The van der Waals surface area contributed by atoms with E-state index in [2.05, 4.69) is 5.32 Å². The number of rotatable bonds is 7. The molecule has 0 atom stereocenters. The highest BCUT2D eigenvalue weighted by Gasteiger charge is 2.03. The second kappa shape index (κ2) is 7.66. The summed E-state index contributed by atoms with van der Waals surface area (Å²) in [4.78, 5) is 23.0. The van der Waals surface area contributed by atoms with Crippen molar-refractivity contribution in [2.24, 2.45) is 0 Å². The average Bonchev–Trinajstić information content (AvgIpc) is 2.34. The fourth-order valence-electron chi connectivity index (χ4n) is 1.64. The number of aliphatic hydroxyl groups excluding tert-OH is 1. The molecule has 0 spiro atoms. The molecule has 0 aromatic carbocycles. The first-order valence-electron chi connectivity index (χ1n) is 6.28. The number of aliphatic hydroxyl groups is 1. The van der Waals surface area contributed by atoms with Crippen molar-refractivity contribution < 1.29 is 9.90 Å². The molecule has 1 aromatic rings. The van der Waals surface area contributed by atoms with E-state index in [1.165, 1.54) is 6.07 Å². The minimum absolute atomic E-state index is 0.0601. The molecule has 100 valence electrons. The molecule has 0 aliphatic carbocycles. The maximum Gasteiger partial charge on any atom is 0.250 e. The smallest absolute Gasteiger partial charge is 0.250 e. The summed E-state index contributed by atoms with van der Waals surface area (Å²) in [5.41, 5.74) is 0.576. The number of hydrogen-bond donors (Lipinski definition) is 2. The Morgan fingerprint density at radius 3 is 2.83 bits per heavy atom. The number of aromatic nitrogens is 1. The van der Waals surface area contributed by atoms with Crippen LogP contribution in [0.15, 0.2) is 23.1 Å². The van der Waals surface area contributed by atoms with E-state index >= 15 is 0 Å². The summed E-state index contributed by atoms with van der Waals surface area (Å²) in [5.74, 6) is -0.0925. The zero-order valence-electron chi connectivity index (χ0n) is 10.7. The molecular formula is C13H20N2O3. The number of unbranched alkanes of at least 4 members (excludes halogenated alkanes) is 1. The lowest BCUT2D eigenvalue weighted by atomic mass is 10.2. The molecule has 1 aromatic heterocycles. The third kappa shape index (κ3) is 4.71. The van der Waals surface area contributed by atoms with Crippen molar-refractivity contribution in [3.05, 3.63) is 28.7 Å². The molecule has 0 saturated heterocycles. The highest BCUT2D eigenvalue weighted by molar-refractivity contribution is 5.90. The van der Waals surface area contributed by atoms with Crippen molar-refractivity contribution in [1.82, 2.24) is 4.57 Å². The molecule has 1 heterocycles. The number of nitrogens with zero attached hydrogens (tertiary/aromatic N) is 1. The summed E-state index contributed by atoms with van der Waals surface area (Å²) >= 11 is 0. The zero-order chi connectivity index (χ0) is 13.4. The molecule has 0 radical (unpaired) electrons. The summed E-state index contributed by atoms with van der Waals surface area (Å²) in [5, 5.41) is 11.4. The Kier molecular flexibility index (Phi) is 6.14. The number of carbonyl (C=O) groups is 1. The number of pyridine rings is 1. The Labute approximate surface area is 106 Å². The Bertz CT molecular complexity index is 440. The molecule has 1 rings (SSSR count). The monoisotopic (exact) mass is 252 g/mol. The van der Waals surface area contributed by atoms with Crippen LogP contribution in [0.25, 0.3) is 0 Å². The molecule has 0 aliphatic rings. The largest absolute Gasteiger partial charge is 0.396 e. The summed E-state index contributed by atoms with van der Waals surface area (Å²) in [7, 11) is 0. The lowest BCUT2D eigenvalue weighted by Gasteiger charge is -2.08. The Morgan fingerprint density at radius 1 is 1.39 bits per heavy atom. The second-order valence-corrected chi connectivity index (χ2v) is 4.18. The van der Waals surface area contributed by atoms with E-state index in [0.717, 1.165) is 6.42 Å². The van der Waals surface area contributed by atoms with Crippen LogP contribution in [0.1, 0.15) is 32.6 Å². The van der Waals surface area contributed by atoms with Crippen LogP contribution in [0.2, 0.25) is 0 Å². The molecule has 2 N–H and O–H groups in total. The minimum Gasteiger partial charge on any atom is -0.396 e. The van der Waals surface area contributed by atoms with Crippen molar-refractivity contribution in [2.45, 2.75) is 39.2 Å². The Hall–Kier alpha value is -1.62. The molecular weight excluding hydrogens is 232 g/mol. The SMILES string of the molecule is CCCn1cc(NC(=O)CCCCO)ccc1=O. The van der Waals surface area contributed by atoms with E-state index in [9.17, 15) is 9.59 Å². The van der Waals surface area contributed by atoms with Gasteiger partial charge in [-0.05, 0) is 25.3 Å². The van der Waals surface area contributed by atoms with Crippen LogP contribution in [0.3, 0.4) is 0 Å². The number of carbonyl (C=O) groups excluding carboxylic acids is 1. The van der Waals surface area contributed by atoms with Crippen LogP contribution < -0.4 is 10.9 Å². The standard InChI is InChI=1S/C13H20N2O3/c1-2-8-15-10-11(6-7-13(15)18)14-12(17)5-3-4-9-16/h6-7,10,16H,2-5,8-9H2,1H3,(H,14,17). The molecule has 0 bridgehead atoms. The van der Waals surface area contributed by atoms with Gasteiger partial charge in [0.25, 0.3) is 5.56 Å². The van der Waals surface area contributed by atoms with Crippen molar-refractivity contribution in [3.8, 4) is 0 Å². The molecule has 0 fully saturated rings. The van der Waals surface area contributed by atoms with Crippen molar-refractivity contribution >= 4 is 11.6 Å². The maximum atomic E-state index is 11.6. The molecule has 5 nitrogen and oxygen atoms in total. The molecule has 18 heavy (non-hydrogen) atoms. The molecule has 1 amide bonds. The lowest BCUT2D eigenvalue weighted by Crippen LogP contribution is -2.20. The number of nitrogens with one attached hydrogen (secondary N) is 1. The summed E-state index contributed by atoms with van der Waals surface area (Å²) in [6, 6.07) is 3.07. The number of amides is 1. The van der Waals surface area contributed by atoms with E-state index in [1.807, 2.05) is 6.92 Å². The Morgan fingerprint density at radius 2 is 2.17 bits per heavy atom. The topological polar surface area (TPSA) is 71.3 Å². The van der Waals surface area contributed by atoms with Gasteiger partial charge in [-0.3, -0.25) is 9.59 Å². The van der Waals surface area contributed by atoms with E-state index in [0.29, 0.717) is 31.5 Å². The summed E-state index contributed by atoms with van der Waals surface area (Å²) in [6.45, 7) is 2.74. The van der Waals surface area contributed by atoms with Gasteiger partial charge >= 0.3 is 0 Å². The number of anilines is 1. The van der Waals surface area contributed by atoms with E-state index < -0.39 is 0 Å². The predicted octanol–water partition coefficient (Wildman–Crippen LogP) is 1.36. The van der Waals surface area contributed by atoms with E-state index in [-0.39, 0.29) is 18.1 Å². The fourth-order valence-corrected chi connectivity index (χ4v) is 1.64. The first kappa shape index (κ1) is 14.4.